The minimum Gasteiger partial charge on any atom is -0.497 e. The summed E-state index contributed by atoms with van der Waals surface area (Å²) in [6, 6.07) is 14.4. The molecular weight excluding hydrogens is 409 g/mol. The standard InChI is InChI=1S/C22H17F3N4O2/c1-13-3-5-14(6-4-13)18-11-19(22(23,24)25)29-20(28-18)17(12-26-29)21(30)27-15-7-9-16(31-2)10-8-15/h3-12H,1-2H3,(H,27,30). The maximum absolute atomic E-state index is 13.7. The highest BCUT2D eigenvalue weighted by molar-refractivity contribution is 6.08. The van der Waals surface area contributed by atoms with Gasteiger partial charge in [0.25, 0.3) is 5.91 Å². The quantitative estimate of drug-likeness (QED) is 0.500. The molecule has 9 heteroatoms. The lowest BCUT2D eigenvalue weighted by molar-refractivity contribution is -0.142. The predicted octanol–water partition coefficient (Wildman–Crippen LogP) is 4.98. The Labute approximate surface area is 175 Å². The van der Waals surface area contributed by atoms with Crippen LogP contribution in [0.15, 0.2) is 60.8 Å². The summed E-state index contributed by atoms with van der Waals surface area (Å²) in [7, 11) is 1.52. The molecule has 0 aliphatic rings. The van der Waals surface area contributed by atoms with Crippen molar-refractivity contribution < 1.29 is 22.7 Å². The lowest BCUT2D eigenvalue weighted by Gasteiger charge is -2.12. The number of rotatable bonds is 4. The number of aromatic nitrogens is 3. The van der Waals surface area contributed by atoms with E-state index < -0.39 is 17.8 Å². The molecule has 4 aromatic rings. The third-order valence-corrected chi connectivity index (χ3v) is 4.70. The van der Waals surface area contributed by atoms with Gasteiger partial charge in [0.1, 0.15) is 11.3 Å². The second kappa shape index (κ2) is 7.75. The number of nitrogens with one attached hydrogen (secondary N) is 1. The van der Waals surface area contributed by atoms with Gasteiger partial charge >= 0.3 is 6.18 Å². The van der Waals surface area contributed by atoms with Gasteiger partial charge in [-0.15, -0.1) is 0 Å². The lowest BCUT2D eigenvalue weighted by atomic mass is 10.1. The van der Waals surface area contributed by atoms with Crippen LogP contribution in [-0.4, -0.2) is 27.6 Å². The van der Waals surface area contributed by atoms with Crippen LogP contribution in [0.4, 0.5) is 18.9 Å². The molecule has 2 aromatic heterocycles. The number of carbonyl (C=O) groups is 1. The molecule has 0 saturated heterocycles. The summed E-state index contributed by atoms with van der Waals surface area (Å²) in [5, 5.41) is 6.42. The SMILES string of the molecule is COc1ccc(NC(=O)c2cnn3c(C(F)(F)F)cc(-c4ccc(C)cc4)nc23)cc1. The van der Waals surface area contributed by atoms with Gasteiger partial charge in [-0.2, -0.15) is 18.3 Å². The van der Waals surface area contributed by atoms with Crippen LogP contribution in [0.25, 0.3) is 16.9 Å². The molecule has 1 N–H and O–H groups in total. The molecule has 31 heavy (non-hydrogen) atoms. The summed E-state index contributed by atoms with van der Waals surface area (Å²) in [5.74, 6) is -0.0185. The Kier molecular flexibility index (Phi) is 5.10. The third kappa shape index (κ3) is 4.07. The monoisotopic (exact) mass is 426 g/mol. The number of aryl methyl sites for hydroxylation is 1. The number of halogens is 3. The first-order chi connectivity index (χ1) is 14.8. The van der Waals surface area contributed by atoms with Crippen molar-refractivity contribution in [3.05, 3.63) is 77.6 Å². The summed E-state index contributed by atoms with van der Waals surface area (Å²) in [6.45, 7) is 1.88. The number of alkyl halides is 3. The van der Waals surface area contributed by atoms with Crippen molar-refractivity contribution in [3.8, 4) is 17.0 Å². The summed E-state index contributed by atoms with van der Waals surface area (Å²) < 4.78 is 46.8. The molecule has 1 amide bonds. The van der Waals surface area contributed by atoms with Crippen LogP contribution in [0.1, 0.15) is 21.6 Å². The van der Waals surface area contributed by atoms with Crippen LogP contribution in [-0.2, 0) is 6.18 Å². The topological polar surface area (TPSA) is 68.5 Å². The molecule has 0 saturated carbocycles. The second-order valence-electron chi connectivity index (χ2n) is 6.87. The van der Waals surface area contributed by atoms with E-state index >= 15 is 0 Å². The average Bonchev–Trinajstić information content (AvgIpc) is 3.17. The molecule has 0 atom stereocenters. The van der Waals surface area contributed by atoms with Crippen LogP contribution in [0, 0.1) is 6.92 Å². The smallest absolute Gasteiger partial charge is 0.433 e. The van der Waals surface area contributed by atoms with Crippen molar-refractivity contribution in [3.63, 3.8) is 0 Å². The molecule has 0 unspecified atom stereocenters. The fraction of sp³-hybridized carbons (Fsp3) is 0.136. The normalized spacial score (nSPS) is 11.5. The summed E-state index contributed by atoms with van der Waals surface area (Å²) in [4.78, 5) is 17.1. The first-order valence-corrected chi connectivity index (χ1v) is 9.24. The number of hydrogen-bond donors (Lipinski definition) is 1. The van der Waals surface area contributed by atoms with E-state index in [0.29, 0.717) is 21.5 Å². The van der Waals surface area contributed by atoms with Gasteiger partial charge in [0.05, 0.1) is 19.0 Å². The van der Waals surface area contributed by atoms with Crippen LogP contribution >= 0.6 is 0 Å². The van der Waals surface area contributed by atoms with Gasteiger partial charge < -0.3 is 10.1 Å². The van der Waals surface area contributed by atoms with Gasteiger partial charge in [-0.3, -0.25) is 4.79 Å². The van der Waals surface area contributed by atoms with E-state index in [1.807, 2.05) is 6.92 Å². The Morgan fingerprint density at radius 3 is 2.35 bits per heavy atom. The largest absolute Gasteiger partial charge is 0.497 e. The van der Waals surface area contributed by atoms with E-state index in [-0.39, 0.29) is 16.9 Å². The van der Waals surface area contributed by atoms with E-state index in [4.69, 9.17) is 4.74 Å². The van der Waals surface area contributed by atoms with Gasteiger partial charge in [0.15, 0.2) is 11.3 Å². The molecule has 2 aromatic carbocycles. The van der Waals surface area contributed by atoms with Gasteiger partial charge in [0, 0.05) is 11.3 Å². The maximum Gasteiger partial charge on any atom is 0.433 e. The number of amides is 1. The highest BCUT2D eigenvalue weighted by Crippen LogP contribution is 2.33. The van der Waals surface area contributed by atoms with E-state index in [0.717, 1.165) is 17.8 Å². The van der Waals surface area contributed by atoms with Gasteiger partial charge in [-0.05, 0) is 37.3 Å². The van der Waals surface area contributed by atoms with E-state index in [1.54, 1.807) is 48.5 Å². The van der Waals surface area contributed by atoms with Gasteiger partial charge in [-0.1, -0.05) is 29.8 Å². The number of carbonyl (C=O) groups excluding carboxylic acids is 1. The van der Waals surface area contributed by atoms with Crippen molar-refractivity contribution in [1.82, 2.24) is 14.6 Å². The van der Waals surface area contributed by atoms with Crippen molar-refractivity contribution in [2.75, 3.05) is 12.4 Å². The summed E-state index contributed by atoms with van der Waals surface area (Å²) in [6.07, 6.45) is -3.61. The molecule has 6 nitrogen and oxygen atoms in total. The third-order valence-electron chi connectivity index (χ3n) is 4.70. The summed E-state index contributed by atoms with van der Waals surface area (Å²) >= 11 is 0. The van der Waals surface area contributed by atoms with Crippen molar-refractivity contribution in [2.45, 2.75) is 13.1 Å². The number of benzene rings is 2. The zero-order valence-electron chi connectivity index (χ0n) is 16.6. The number of ether oxygens (including phenoxy) is 1. The minimum absolute atomic E-state index is 0.0738. The Morgan fingerprint density at radius 2 is 1.74 bits per heavy atom. The molecular formula is C22H17F3N4O2. The number of nitrogens with zero attached hydrogens (tertiary/aromatic N) is 3. The highest BCUT2D eigenvalue weighted by atomic mass is 19.4. The van der Waals surface area contributed by atoms with E-state index in [9.17, 15) is 18.0 Å². The summed E-state index contributed by atoms with van der Waals surface area (Å²) in [5.41, 5.74) is 0.740. The molecule has 2 heterocycles. The minimum atomic E-state index is -4.68. The van der Waals surface area contributed by atoms with Gasteiger partial charge in [-0.25, -0.2) is 9.50 Å². The van der Waals surface area contributed by atoms with Crippen LogP contribution in [0.2, 0.25) is 0 Å². The molecule has 0 bridgehead atoms. The maximum atomic E-state index is 13.7. The van der Waals surface area contributed by atoms with E-state index in [1.165, 1.54) is 7.11 Å². The number of methoxy groups -OCH3 is 1. The molecule has 0 fully saturated rings. The molecule has 0 spiro atoms. The lowest BCUT2D eigenvalue weighted by Crippen LogP contribution is -2.15. The fourth-order valence-corrected chi connectivity index (χ4v) is 3.07. The number of hydrogen-bond acceptors (Lipinski definition) is 4. The zero-order valence-corrected chi connectivity index (χ0v) is 16.6. The van der Waals surface area contributed by atoms with E-state index in [2.05, 4.69) is 15.4 Å². The molecule has 0 aliphatic heterocycles. The van der Waals surface area contributed by atoms with Crippen molar-refractivity contribution in [2.24, 2.45) is 0 Å². The highest BCUT2D eigenvalue weighted by Gasteiger charge is 2.36. The van der Waals surface area contributed by atoms with Crippen molar-refractivity contribution in [1.29, 1.82) is 0 Å². The number of anilines is 1. The second-order valence-corrected chi connectivity index (χ2v) is 6.87. The first kappa shape index (κ1) is 20.4. The molecule has 4 rings (SSSR count). The van der Waals surface area contributed by atoms with Crippen LogP contribution in [0.3, 0.4) is 0 Å². The Balaban J connectivity index is 1.79. The molecule has 0 aliphatic carbocycles. The first-order valence-electron chi connectivity index (χ1n) is 9.24. The van der Waals surface area contributed by atoms with Crippen LogP contribution in [0.5, 0.6) is 5.75 Å². The predicted molar refractivity (Wildman–Crippen MR) is 109 cm³/mol. The van der Waals surface area contributed by atoms with Crippen LogP contribution < -0.4 is 10.1 Å². The number of fused-ring (bicyclic) bond motifs is 1. The van der Waals surface area contributed by atoms with Gasteiger partial charge in [0.2, 0.25) is 0 Å². The molecule has 158 valence electrons. The zero-order chi connectivity index (χ0) is 22.2. The van der Waals surface area contributed by atoms with Crippen molar-refractivity contribution >= 4 is 17.2 Å². The Bertz CT molecular complexity index is 1250. The Hall–Kier alpha value is -3.88. The fourth-order valence-electron chi connectivity index (χ4n) is 3.07. The molecule has 0 radical (unpaired) electrons. The Morgan fingerprint density at radius 1 is 1.06 bits per heavy atom. The average molecular weight is 426 g/mol.